The van der Waals surface area contributed by atoms with Crippen LogP contribution in [0.2, 0.25) is 0 Å². The topological polar surface area (TPSA) is 77.1 Å². The highest BCUT2D eigenvalue weighted by Crippen LogP contribution is 2.33. The van der Waals surface area contributed by atoms with Crippen LogP contribution in [0.1, 0.15) is 60.6 Å². The van der Waals surface area contributed by atoms with Crippen LogP contribution in [0.4, 0.5) is 0 Å². The first-order chi connectivity index (χ1) is 12.6. The van der Waals surface area contributed by atoms with Crippen LogP contribution in [0, 0.1) is 0 Å². The number of likely N-dealkylation sites (tertiary alicyclic amines) is 1. The molecule has 3 aromatic rings. The van der Waals surface area contributed by atoms with Crippen LogP contribution in [-0.4, -0.2) is 37.5 Å². The molecule has 0 aliphatic carbocycles. The molecule has 1 amide bonds. The summed E-state index contributed by atoms with van der Waals surface area (Å²) in [5.41, 5.74) is 2.03. The Morgan fingerprint density at radius 3 is 2.81 bits per heavy atom. The van der Waals surface area contributed by atoms with Gasteiger partial charge in [0.15, 0.2) is 5.69 Å². The summed E-state index contributed by atoms with van der Waals surface area (Å²) in [5.74, 6) is 0.991. The Bertz CT molecular complexity index is 900. The van der Waals surface area contributed by atoms with Crippen LogP contribution in [0.3, 0.4) is 0 Å². The molecule has 3 heterocycles. The maximum atomic E-state index is 13.0. The quantitative estimate of drug-likeness (QED) is 0.720. The van der Waals surface area contributed by atoms with Gasteiger partial charge in [0.1, 0.15) is 11.5 Å². The van der Waals surface area contributed by atoms with Gasteiger partial charge in [-0.05, 0) is 25.0 Å². The van der Waals surface area contributed by atoms with Gasteiger partial charge in [-0.15, -0.1) is 5.10 Å². The summed E-state index contributed by atoms with van der Waals surface area (Å²) in [6.45, 7) is 4.80. The average molecular weight is 351 g/mol. The molecule has 26 heavy (non-hydrogen) atoms. The van der Waals surface area contributed by atoms with Crippen molar-refractivity contribution in [3.8, 4) is 5.69 Å². The molecule has 2 aromatic heterocycles. The van der Waals surface area contributed by atoms with Gasteiger partial charge in [0.25, 0.3) is 5.91 Å². The smallest absolute Gasteiger partial charge is 0.276 e. The van der Waals surface area contributed by atoms with E-state index in [9.17, 15) is 4.79 Å². The predicted octanol–water partition coefficient (Wildman–Crippen LogP) is 3.36. The molecule has 1 aromatic carbocycles. The van der Waals surface area contributed by atoms with Gasteiger partial charge in [0.2, 0.25) is 0 Å². The highest BCUT2D eigenvalue weighted by atomic mass is 16.5. The van der Waals surface area contributed by atoms with Gasteiger partial charge < -0.3 is 9.42 Å². The number of amides is 1. The molecule has 0 N–H and O–H groups in total. The Morgan fingerprint density at radius 2 is 2.08 bits per heavy atom. The van der Waals surface area contributed by atoms with E-state index in [4.69, 9.17) is 4.52 Å². The number of aromatic nitrogens is 4. The van der Waals surface area contributed by atoms with E-state index in [1.54, 1.807) is 10.9 Å². The second-order valence-corrected chi connectivity index (χ2v) is 6.85. The van der Waals surface area contributed by atoms with E-state index < -0.39 is 0 Å². The minimum atomic E-state index is -0.122. The fourth-order valence-corrected chi connectivity index (χ4v) is 3.27. The third-order valence-electron chi connectivity index (χ3n) is 4.70. The van der Waals surface area contributed by atoms with Gasteiger partial charge in [0, 0.05) is 18.5 Å². The molecule has 0 spiro atoms. The van der Waals surface area contributed by atoms with Crippen molar-refractivity contribution in [1.29, 1.82) is 0 Å². The van der Waals surface area contributed by atoms with Crippen molar-refractivity contribution in [3.63, 3.8) is 0 Å². The third-order valence-corrected chi connectivity index (χ3v) is 4.70. The summed E-state index contributed by atoms with van der Waals surface area (Å²) in [5, 5.41) is 12.4. The van der Waals surface area contributed by atoms with Gasteiger partial charge in [0.05, 0.1) is 17.9 Å². The van der Waals surface area contributed by atoms with Crippen LogP contribution < -0.4 is 0 Å². The summed E-state index contributed by atoms with van der Waals surface area (Å²) in [4.78, 5) is 14.8. The molecule has 0 unspecified atom stereocenters. The SMILES string of the molecule is CC(C)c1cc([C@H]2CCCN2C(=O)c2cn(-c3ccccc3)nn2)no1. The van der Waals surface area contributed by atoms with E-state index in [-0.39, 0.29) is 17.9 Å². The molecule has 134 valence electrons. The summed E-state index contributed by atoms with van der Waals surface area (Å²) in [7, 11) is 0. The Hall–Kier alpha value is -2.96. The first-order valence-corrected chi connectivity index (χ1v) is 8.88. The van der Waals surface area contributed by atoms with E-state index in [2.05, 4.69) is 29.3 Å². The van der Waals surface area contributed by atoms with Crippen molar-refractivity contribution >= 4 is 5.91 Å². The molecule has 1 aliphatic heterocycles. The second-order valence-electron chi connectivity index (χ2n) is 6.85. The minimum absolute atomic E-state index is 0.0689. The van der Waals surface area contributed by atoms with E-state index in [1.807, 2.05) is 41.3 Å². The molecule has 0 radical (unpaired) electrons. The van der Waals surface area contributed by atoms with Crippen LogP contribution >= 0.6 is 0 Å². The number of hydrogen-bond donors (Lipinski definition) is 0. The zero-order valence-electron chi connectivity index (χ0n) is 14.9. The van der Waals surface area contributed by atoms with Gasteiger partial charge in [-0.1, -0.05) is 42.4 Å². The van der Waals surface area contributed by atoms with Crippen LogP contribution in [-0.2, 0) is 0 Å². The standard InChI is InChI=1S/C19H21N5O2/c1-13(2)18-11-15(21-26-18)17-9-6-10-23(17)19(25)16-12-24(22-20-16)14-7-4-3-5-8-14/h3-5,7-8,11-13,17H,6,9-10H2,1-2H3/t17-/m1/s1. The predicted molar refractivity (Wildman–Crippen MR) is 95.0 cm³/mol. The minimum Gasteiger partial charge on any atom is -0.361 e. The molecule has 1 aliphatic rings. The first kappa shape index (κ1) is 16.5. The van der Waals surface area contributed by atoms with Gasteiger partial charge in [-0.25, -0.2) is 4.68 Å². The zero-order valence-corrected chi connectivity index (χ0v) is 14.9. The maximum Gasteiger partial charge on any atom is 0.276 e. The average Bonchev–Trinajstić information content (AvgIpc) is 3.41. The molecule has 4 rings (SSSR count). The van der Waals surface area contributed by atoms with Crippen LogP contribution in [0.5, 0.6) is 0 Å². The lowest BCUT2D eigenvalue weighted by molar-refractivity contribution is 0.0724. The van der Waals surface area contributed by atoms with Gasteiger partial charge in [-0.2, -0.15) is 0 Å². The zero-order chi connectivity index (χ0) is 18.1. The lowest BCUT2D eigenvalue weighted by Gasteiger charge is -2.21. The van der Waals surface area contributed by atoms with Crippen LogP contribution in [0.15, 0.2) is 47.1 Å². The van der Waals surface area contributed by atoms with E-state index in [1.165, 1.54) is 0 Å². The largest absolute Gasteiger partial charge is 0.361 e. The summed E-state index contributed by atoms with van der Waals surface area (Å²) in [6.07, 6.45) is 3.49. The van der Waals surface area contributed by atoms with Crippen molar-refractivity contribution in [2.24, 2.45) is 0 Å². The Morgan fingerprint density at radius 1 is 1.27 bits per heavy atom. The Balaban J connectivity index is 1.56. The fraction of sp³-hybridized carbons (Fsp3) is 0.368. The van der Waals surface area contributed by atoms with Crippen LogP contribution in [0.25, 0.3) is 5.69 Å². The Labute approximate surface area is 151 Å². The van der Waals surface area contributed by atoms with Gasteiger partial charge >= 0.3 is 0 Å². The normalized spacial score (nSPS) is 17.2. The van der Waals surface area contributed by atoms with Crippen molar-refractivity contribution in [3.05, 3.63) is 59.7 Å². The number of para-hydroxylation sites is 1. The summed E-state index contributed by atoms with van der Waals surface area (Å²) >= 11 is 0. The third kappa shape index (κ3) is 3.00. The molecule has 0 saturated carbocycles. The maximum absolute atomic E-state index is 13.0. The van der Waals surface area contributed by atoms with Gasteiger partial charge in [-0.3, -0.25) is 4.79 Å². The molecule has 1 fully saturated rings. The number of benzene rings is 1. The number of carbonyl (C=O) groups excluding carboxylic acids is 1. The lowest BCUT2D eigenvalue weighted by Crippen LogP contribution is -2.31. The molecule has 7 heteroatoms. The van der Waals surface area contributed by atoms with Crippen molar-refractivity contribution < 1.29 is 9.32 Å². The molecule has 0 bridgehead atoms. The van der Waals surface area contributed by atoms with E-state index in [0.29, 0.717) is 12.2 Å². The highest BCUT2D eigenvalue weighted by Gasteiger charge is 2.34. The van der Waals surface area contributed by atoms with Crippen molar-refractivity contribution in [2.75, 3.05) is 6.54 Å². The van der Waals surface area contributed by atoms with E-state index in [0.717, 1.165) is 30.0 Å². The van der Waals surface area contributed by atoms with Crippen molar-refractivity contribution in [1.82, 2.24) is 25.1 Å². The molecular formula is C19H21N5O2. The highest BCUT2D eigenvalue weighted by molar-refractivity contribution is 5.92. The van der Waals surface area contributed by atoms with E-state index >= 15 is 0 Å². The molecule has 1 saturated heterocycles. The number of hydrogen-bond acceptors (Lipinski definition) is 5. The van der Waals surface area contributed by atoms with Crippen molar-refractivity contribution in [2.45, 2.75) is 38.6 Å². The number of carbonyl (C=O) groups is 1. The molecular weight excluding hydrogens is 330 g/mol. The summed E-state index contributed by atoms with van der Waals surface area (Å²) < 4.78 is 7.03. The number of rotatable bonds is 4. The first-order valence-electron chi connectivity index (χ1n) is 8.88. The second kappa shape index (κ2) is 6.74. The lowest BCUT2D eigenvalue weighted by atomic mass is 10.1. The monoisotopic (exact) mass is 351 g/mol. The molecule has 1 atom stereocenters. The fourth-order valence-electron chi connectivity index (χ4n) is 3.27. The number of nitrogens with zero attached hydrogens (tertiary/aromatic N) is 5. The Kier molecular flexibility index (Phi) is 4.28. The molecule has 7 nitrogen and oxygen atoms in total. The summed E-state index contributed by atoms with van der Waals surface area (Å²) in [6, 6.07) is 11.5.